The smallest absolute Gasteiger partial charge is 0.412 e. The summed E-state index contributed by atoms with van der Waals surface area (Å²) >= 11 is 0. The molecule has 4 aliphatic rings. The van der Waals surface area contributed by atoms with Crippen LogP contribution in [0.1, 0.15) is 89.5 Å². The molecule has 2 amide bonds. The van der Waals surface area contributed by atoms with Crippen LogP contribution in [0.4, 0.5) is 4.79 Å². The van der Waals surface area contributed by atoms with E-state index in [2.05, 4.69) is 30.1 Å². The molecule has 270 valence electrons. The number of ether oxygens (including phenoxy) is 3. The quantitative estimate of drug-likeness (QED) is 0.102. The van der Waals surface area contributed by atoms with Gasteiger partial charge >= 0.3 is 6.09 Å². The molecule has 11 heteroatoms. The minimum atomic E-state index is -1.27. The van der Waals surface area contributed by atoms with E-state index < -0.39 is 17.9 Å². The minimum Gasteiger partial charge on any atom is -0.459 e. The fourth-order valence-electron chi connectivity index (χ4n) is 8.33. The van der Waals surface area contributed by atoms with E-state index in [0.717, 1.165) is 61.8 Å². The Kier molecular flexibility index (Phi) is 12.8. The summed E-state index contributed by atoms with van der Waals surface area (Å²) in [6.45, 7) is 9.32. The molecule has 3 aliphatic carbocycles. The average Bonchev–Trinajstić information content (AvgIpc) is 3.94. The topological polar surface area (TPSA) is 139 Å². The Hall–Kier alpha value is -3.41. The number of hydrogen-bond acceptors (Lipinski definition) is 9. The summed E-state index contributed by atoms with van der Waals surface area (Å²) in [6.07, 6.45) is 11.2. The van der Waals surface area contributed by atoms with Crippen molar-refractivity contribution >= 4 is 17.7 Å². The minimum absolute atomic E-state index is 0.00287. The summed E-state index contributed by atoms with van der Waals surface area (Å²) < 4.78 is 19.8. The lowest BCUT2D eigenvalue weighted by Gasteiger charge is -2.60. The van der Waals surface area contributed by atoms with Crippen molar-refractivity contribution in [1.82, 2.24) is 10.2 Å². The predicted molar refractivity (Wildman–Crippen MR) is 186 cm³/mol. The molecule has 2 saturated carbocycles. The number of benzene rings is 1. The van der Waals surface area contributed by atoms with Crippen LogP contribution in [0, 0.1) is 23.7 Å². The molecular weight excluding hydrogens is 626 g/mol. The number of fused-ring (bicyclic) bond motifs is 2. The number of aliphatic hydroxyl groups is 2. The maximum absolute atomic E-state index is 14.1. The van der Waals surface area contributed by atoms with E-state index in [9.17, 15) is 19.8 Å². The van der Waals surface area contributed by atoms with Gasteiger partial charge in [0.25, 0.3) is 0 Å². The lowest BCUT2D eigenvalue weighted by Crippen LogP contribution is -2.70. The van der Waals surface area contributed by atoms with Gasteiger partial charge in [-0.25, -0.2) is 4.79 Å². The van der Waals surface area contributed by atoms with Crippen molar-refractivity contribution in [3.05, 3.63) is 48.1 Å². The van der Waals surface area contributed by atoms with Crippen LogP contribution >= 0.6 is 0 Å². The number of nitrogens with one attached hydrogen (secondary N) is 1. The standard InChI is InChI=1S/C38H55N3O8/c1-5-18-41(36(44)25-14-15-25)33-24-31(40-46-4)29-22-26(12-8-10-19-42)28(13-9-11-20-43)34-30-23-27(48-37(45)39-7-3)16-17-32(30)49-38(33,35(29)34)47-21-6-2/h6,16-17,22-23,25-26,28,33-35,42-43H,2,5,7-15,18-21,24H2,1,3-4H3,(H,39,45)/t26-,28+,33-,34+,35+,38+/m0/s1. The normalized spacial score (nSPS) is 27.7. The molecule has 0 aromatic heterocycles. The van der Waals surface area contributed by atoms with Crippen LogP contribution in [0.5, 0.6) is 11.5 Å². The molecule has 1 aromatic carbocycles. The third-order valence-corrected chi connectivity index (χ3v) is 10.4. The zero-order valence-electron chi connectivity index (χ0n) is 29.4. The number of allylic oxidation sites excluding steroid dienone is 1. The van der Waals surface area contributed by atoms with Crippen LogP contribution in [0.25, 0.3) is 0 Å². The molecule has 1 aliphatic heterocycles. The van der Waals surface area contributed by atoms with E-state index in [1.807, 2.05) is 24.0 Å². The first-order chi connectivity index (χ1) is 23.9. The highest BCUT2D eigenvalue weighted by atomic mass is 16.7. The second kappa shape index (κ2) is 17.0. The Labute approximate surface area is 290 Å². The van der Waals surface area contributed by atoms with E-state index in [1.54, 1.807) is 19.3 Å². The first kappa shape index (κ1) is 36.9. The zero-order chi connectivity index (χ0) is 35.0. The number of unbranched alkanes of at least 4 members (excludes halogenated alkanes) is 2. The molecule has 0 saturated heterocycles. The number of oxime groups is 1. The molecule has 49 heavy (non-hydrogen) atoms. The third-order valence-electron chi connectivity index (χ3n) is 10.4. The highest BCUT2D eigenvalue weighted by Gasteiger charge is 2.65. The lowest BCUT2D eigenvalue weighted by atomic mass is 9.55. The van der Waals surface area contributed by atoms with Gasteiger partial charge in [-0.3, -0.25) is 4.79 Å². The number of nitrogens with zero attached hydrogens (tertiary/aromatic N) is 2. The van der Waals surface area contributed by atoms with Gasteiger partial charge in [0.05, 0.1) is 18.2 Å². The summed E-state index contributed by atoms with van der Waals surface area (Å²) in [5.41, 5.74) is 2.66. The van der Waals surface area contributed by atoms with Gasteiger partial charge in [0.1, 0.15) is 24.7 Å². The molecule has 0 bridgehead atoms. The van der Waals surface area contributed by atoms with Crippen LogP contribution in [-0.2, 0) is 14.4 Å². The van der Waals surface area contributed by atoms with Crippen LogP contribution in [0.15, 0.2) is 47.7 Å². The number of hydrogen-bond donors (Lipinski definition) is 3. The molecule has 1 heterocycles. The fraction of sp³-hybridized carbons (Fsp3) is 0.658. The van der Waals surface area contributed by atoms with E-state index in [4.69, 9.17) is 19.0 Å². The van der Waals surface area contributed by atoms with Gasteiger partial charge in [0.2, 0.25) is 11.7 Å². The summed E-state index contributed by atoms with van der Waals surface area (Å²) in [5, 5.41) is 26.8. The first-order valence-corrected chi connectivity index (χ1v) is 18.2. The van der Waals surface area contributed by atoms with Crippen molar-refractivity contribution in [2.45, 2.75) is 95.8 Å². The van der Waals surface area contributed by atoms with Crippen molar-refractivity contribution in [3.63, 3.8) is 0 Å². The van der Waals surface area contributed by atoms with Crippen LogP contribution in [0.2, 0.25) is 0 Å². The van der Waals surface area contributed by atoms with Gasteiger partial charge in [0.15, 0.2) is 0 Å². The van der Waals surface area contributed by atoms with Gasteiger partial charge < -0.3 is 39.5 Å². The summed E-state index contributed by atoms with van der Waals surface area (Å²) in [7, 11) is 1.55. The summed E-state index contributed by atoms with van der Waals surface area (Å²) in [6, 6.07) is 5.01. The number of carbonyl (C=O) groups excluding carboxylic acids is 2. The summed E-state index contributed by atoms with van der Waals surface area (Å²) in [4.78, 5) is 34.1. The monoisotopic (exact) mass is 681 g/mol. The number of carbonyl (C=O) groups is 2. The molecule has 0 unspecified atom stereocenters. The molecule has 5 rings (SSSR count). The number of amides is 2. The molecule has 0 spiro atoms. The molecule has 1 aromatic rings. The second-order valence-electron chi connectivity index (χ2n) is 13.7. The van der Waals surface area contributed by atoms with Crippen LogP contribution < -0.4 is 14.8 Å². The Morgan fingerprint density at radius 2 is 1.90 bits per heavy atom. The largest absolute Gasteiger partial charge is 0.459 e. The Morgan fingerprint density at radius 3 is 2.55 bits per heavy atom. The molecule has 3 N–H and O–H groups in total. The fourth-order valence-corrected chi connectivity index (χ4v) is 8.33. The number of rotatable bonds is 18. The van der Waals surface area contributed by atoms with Crippen LogP contribution in [-0.4, -0.2) is 84.7 Å². The lowest BCUT2D eigenvalue weighted by molar-refractivity contribution is -0.257. The van der Waals surface area contributed by atoms with Gasteiger partial charge in [-0.2, -0.15) is 0 Å². The molecule has 11 nitrogen and oxygen atoms in total. The molecular formula is C38H55N3O8. The van der Waals surface area contributed by atoms with Crippen molar-refractivity contribution < 1.29 is 38.9 Å². The SMILES string of the molecule is C=CCO[C@@]12Oc3ccc(OC(=O)NCC)cc3[C@H]3[C@H](CCCCO)[C@@H](CCCCO)C=C(C(=NOC)C[C@@H]1N(CCC)C(=O)C1CC1)[C@H]32. The number of aliphatic hydroxyl groups excluding tert-OH is 2. The first-order valence-electron chi connectivity index (χ1n) is 18.2. The summed E-state index contributed by atoms with van der Waals surface area (Å²) in [5.74, 6) is -0.459. The van der Waals surface area contributed by atoms with E-state index in [-0.39, 0.29) is 55.3 Å². The van der Waals surface area contributed by atoms with E-state index in [0.29, 0.717) is 43.9 Å². The van der Waals surface area contributed by atoms with E-state index in [1.165, 1.54) is 0 Å². The van der Waals surface area contributed by atoms with Crippen molar-refractivity contribution in [1.29, 1.82) is 0 Å². The van der Waals surface area contributed by atoms with Gasteiger partial charge in [-0.05, 0) is 87.5 Å². The third kappa shape index (κ3) is 7.84. The molecule has 0 radical (unpaired) electrons. The molecule has 6 atom stereocenters. The van der Waals surface area contributed by atoms with Gasteiger partial charge in [-0.1, -0.05) is 37.1 Å². The Balaban J connectivity index is 1.75. The Morgan fingerprint density at radius 1 is 1.14 bits per heavy atom. The van der Waals surface area contributed by atoms with Crippen molar-refractivity contribution in [2.24, 2.45) is 28.8 Å². The van der Waals surface area contributed by atoms with Crippen molar-refractivity contribution in [2.75, 3.05) is 40.0 Å². The second-order valence-corrected chi connectivity index (χ2v) is 13.7. The van der Waals surface area contributed by atoms with Gasteiger partial charge in [-0.15, -0.1) is 6.58 Å². The Bertz CT molecular complexity index is 1380. The highest BCUT2D eigenvalue weighted by molar-refractivity contribution is 6.03. The maximum Gasteiger partial charge on any atom is 0.412 e. The highest BCUT2D eigenvalue weighted by Crippen LogP contribution is 2.62. The van der Waals surface area contributed by atoms with Crippen molar-refractivity contribution in [3.8, 4) is 11.5 Å². The average molecular weight is 682 g/mol. The van der Waals surface area contributed by atoms with Crippen LogP contribution in [0.3, 0.4) is 0 Å². The molecule has 2 fully saturated rings. The van der Waals surface area contributed by atoms with Gasteiger partial charge in [0, 0.05) is 50.1 Å². The zero-order valence-corrected chi connectivity index (χ0v) is 29.4. The predicted octanol–water partition coefficient (Wildman–Crippen LogP) is 5.71. The van der Waals surface area contributed by atoms with E-state index >= 15 is 0 Å². The maximum atomic E-state index is 14.1.